The van der Waals surface area contributed by atoms with Gasteiger partial charge >= 0.3 is 12.1 Å². The number of hydrogen-bond acceptors (Lipinski definition) is 8. The van der Waals surface area contributed by atoms with Crippen molar-refractivity contribution in [1.82, 2.24) is 14.9 Å². The number of thiophene rings is 1. The van der Waals surface area contributed by atoms with Crippen LogP contribution in [0.25, 0.3) is 11.4 Å². The highest BCUT2D eigenvalue weighted by Gasteiger charge is 2.35. The summed E-state index contributed by atoms with van der Waals surface area (Å²) in [6, 6.07) is 1.73. The van der Waals surface area contributed by atoms with Gasteiger partial charge in [-0.3, -0.25) is 0 Å². The Labute approximate surface area is 167 Å². The van der Waals surface area contributed by atoms with Gasteiger partial charge in [0.25, 0.3) is 0 Å². The van der Waals surface area contributed by atoms with Crippen LogP contribution in [0.15, 0.2) is 18.5 Å². The summed E-state index contributed by atoms with van der Waals surface area (Å²) in [6.07, 6.45) is 2.73. The third kappa shape index (κ3) is 4.59. The Morgan fingerprint density at radius 2 is 1.86 bits per heavy atom. The molecule has 0 aromatic carbocycles. The highest BCUT2D eigenvalue weighted by atomic mass is 32.1. The summed E-state index contributed by atoms with van der Waals surface area (Å²) in [5.74, 6) is 0.665. The van der Waals surface area contributed by atoms with E-state index in [1.807, 2.05) is 27.7 Å². The normalized spacial score (nSPS) is 14.4. The Balaban J connectivity index is 1.57. The zero-order valence-corrected chi connectivity index (χ0v) is 17.3. The number of amides is 1. The summed E-state index contributed by atoms with van der Waals surface area (Å²) >= 11 is 1.34. The van der Waals surface area contributed by atoms with Gasteiger partial charge in [-0.1, -0.05) is 0 Å². The summed E-state index contributed by atoms with van der Waals surface area (Å²) in [5, 5.41) is 0. The summed E-state index contributed by atoms with van der Waals surface area (Å²) < 4.78 is 15.9. The van der Waals surface area contributed by atoms with Gasteiger partial charge in [0.1, 0.15) is 16.6 Å². The van der Waals surface area contributed by atoms with E-state index < -0.39 is 5.60 Å². The Kier molecular flexibility index (Phi) is 5.55. The quantitative estimate of drug-likeness (QED) is 0.721. The topological polar surface area (TPSA) is 90.9 Å². The fourth-order valence-electron chi connectivity index (χ4n) is 2.60. The molecule has 8 nitrogen and oxygen atoms in total. The molecule has 9 heteroatoms. The molecule has 1 saturated heterocycles. The van der Waals surface area contributed by atoms with Crippen molar-refractivity contribution in [2.24, 2.45) is 0 Å². The van der Waals surface area contributed by atoms with E-state index in [0.717, 1.165) is 10.4 Å². The van der Waals surface area contributed by atoms with Crippen molar-refractivity contribution in [3.05, 3.63) is 28.2 Å². The number of hydrogen-bond donors (Lipinski definition) is 0. The third-order valence-corrected chi connectivity index (χ3v) is 5.01. The van der Waals surface area contributed by atoms with Crippen LogP contribution in [0.3, 0.4) is 0 Å². The molecule has 0 radical (unpaired) electrons. The van der Waals surface area contributed by atoms with Crippen LogP contribution in [-0.2, 0) is 9.47 Å². The number of rotatable bonds is 4. The number of carbonyl (C=O) groups is 2. The van der Waals surface area contributed by atoms with Crippen LogP contribution in [0.5, 0.6) is 5.75 Å². The number of esters is 1. The van der Waals surface area contributed by atoms with Crippen LogP contribution >= 0.6 is 11.3 Å². The summed E-state index contributed by atoms with van der Waals surface area (Å²) in [6.45, 7) is 8.33. The van der Waals surface area contributed by atoms with Gasteiger partial charge < -0.3 is 19.1 Å². The molecule has 2 aromatic rings. The molecule has 0 bridgehead atoms. The van der Waals surface area contributed by atoms with Crippen molar-refractivity contribution < 1.29 is 23.8 Å². The molecule has 3 rings (SSSR count). The first-order chi connectivity index (χ1) is 13.2. The van der Waals surface area contributed by atoms with Gasteiger partial charge in [-0.25, -0.2) is 19.6 Å². The van der Waals surface area contributed by atoms with Gasteiger partial charge in [0.2, 0.25) is 0 Å². The lowest BCUT2D eigenvalue weighted by atomic mass is 10.1. The minimum Gasteiger partial charge on any atom is -0.483 e. The number of likely N-dealkylation sites (tertiary alicyclic amines) is 1. The largest absolute Gasteiger partial charge is 0.483 e. The minimum atomic E-state index is -0.514. The lowest BCUT2D eigenvalue weighted by Crippen LogP contribution is -2.57. The standard InChI is InChI=1S/C19H23N3O5S/c1-11-14(6-15(28-11)17(23)25-5)16-20-7-12(8-21-16)26-13-9-22(10-13)18(24)27-19(2,3)4/h6-8,13H,9-10H2,1-5H3. The van der Waals surface area contributed by atoms with Crippen LogP contribution in [-0.4, -0.2) is 58.8 Å². The number of ether oxygens (including phenoxy) is 3. The molecule has 150 valence electrons. The molecule has 3 heterocycles. The van der Waals surface area contributed by atoms with E-state index in [9.17, 15) is 9.59 Å². The average Bonchev–Trinajstić information content (AvgIpc) is 2.97. The van der Waals surface area contributed by atoms with Crippen molar-refractivity contribution in [1.29, 1.82) is 0 Å². The van der Waals surface area contributed by atoms with E-state index in [1.165, 1.54) is 18.4 Å². The van der Waals surface area contributed by atoms with Gasteiger partial charge in [0.05, 0.1) is 32.6 Å². The molecule has 0 unspecified atom stereocenters. The van der Waals surface area contributed by atoms with Gasteiger partial charge in [-0.2, -0.15) is 0 Å². The number of aromatic nitrogens is 2. The van der Waals surface area contributed by atoms with E-state index in [-0.39, 0.29) is 18.2 Å². The molecule has 1 aliphatic rings. The molecule has 1 aliphatic heterocycles. The molecular weight excluding hydrogens is 382 g/mol. The maximum absolute atomic E-state index is 11.9. The molecular formula is C19H23N3O5S. The van der Waals surface area contributed by atoms with Crippen molar-refractivity contribution in [2.45, 2.75) is 39.4 Å². The maximum Gasteiger partial charge on any atom is 0.410 e. The lowest BCUT2D eigenvalue weighted by Gasteiger charge is -2.39. The minimum absolute atomic E-state index is 0.115. The smallest absolute Gasteiger partial charge is 0.410 e. The van der Waals surface area contributed by atoms with Crippen molar-refractivity contribution in [3.63, 3.8) is 0 Å². The highest BCUT2D eigenvalue weighted by Crippen LogP contribution is 2.30. The van der Waals surface area contributed by atoms with Crippen LogP contribution < -0.4 is 4.74 Å². The van der Waals surface area contributed by atoms with E-state index in [4.69, 9.17) is 14.2 Å². The van der Waals surface area contributed by atoms with Crippen molar-refractivity contribution in [3.8, 4) is 17.1 Å². The molecule has 0 saturated carbocycles. The van der Waals surface area contributed by atoms with Gasteiger partial charge in [0, 0.05) is 10.4 Å². The maximum atomic E-state index is 11.9. The second kappa shape index (κ2) is 7.75. The predicted octanol–water partition coefficient (Wildman–Crippen LogP) is 3.30. The highest BCUT2D eigenvalue weighted by molar-refractivity contribution is 7.14. The van der Waals surface area contributed by atoms with Crippen LogP contribution in [0.4, 0.5) is 4.79 Å². The Morgan fingerprint density at radius 3 is 2.43 bits per heavy atom. The van der Waals surface area contributed by atoms with Crippen LogP contribution in [0.1, 0.15) is 35.3 Å². The Morgan fingerprint density at radius 1 is 1.21 bits per heavy atom. The zero-order chi connectivity index (χ0) is 20.5. The van der Waals surface area contributed by atoms with Gasteiger partial charge in [0.15, 0.2) is 11.6 Å². The predicted molar refractivity (Wildman–Crippen MR) is 104 cm³/mol. The summed E-state index contributed by atoms with van der Waals surface area (Å²) in [7, 11) is 1.35. The number of methoxy groups -OCH3 is 1. The molecule has 0 spiro atoms. The lowest BCUT2D eigenvalue weighted by molar-refractivity contribution is -0.0223. The summed E-state index contributed by atoms with van der Waals surface area (Å²) in [4.78, 5) is 35.3. The van der Waals surface area contributed by atoms with Crippen LogP contribution in [0, 0.1) is 6.92 Å². The third-order valence-electron chi connectivity index (χ3n) is 3.98. The van der Waals surface area contributed by atoms with Gasteiger partial charge in [-0.05, 0) is 33.8 Å². The second-order valence-corrected chi connectivity index (χ2v) is 8.70. The Bertz CT molecular complexity index is 867. The number of nitrogens with zero attached hydrogens (tertiary/aromatic N) is 3. The van der Waals surface area contributed by atoms with Crippen molar-refractivity contribution in [2.75, 3.05) is 20.2 Å². The number of aryl methyl sites for hydroxylation is 1. The molecule has 28 heavy (non-hydrogen) atoms. The SMILES string of the molecule is COC(=O)c1cc(-c2ncc(OC3CN(C(=O)OC(C)(C)C)C3)cn2)c(C)s1. The van der Waals surface area contributed by atoms with E-state index in [1.54, 1.807) is 23.4 Å². The molecule has 1 fully saturated rings. The van der Waals surface area contributed by atoms with E-state index >= 15 is 0 Å². The first-order valence-corrected chi connectivity index (χ1v) is 9.63. The summed E-state index contributed by atoms with van der Waals surface area (Å²) in [5.41, 5.74) is 0.275. The van der Waals surface area contributed by atoms with Crippen molar-refractivity contribution >= 4 is 23.4 Å². The molecule has 2 aromatic heterocycles. The van der Waals surface area contributed by atoms with Gasteiger partial charge in [-0.15, -0.1) is 11.3 Å². The Hall–Kier alpha value is -2.68. The van der Waals surface area contributed by atoms with E-state index in [0.29, 0.717) is 29.5 Å². The molecule has 0 aliphatic carbocycles. The van der Waals surface area contributed by atoms with Crippen LogP contribution in [0.2, 0.25) is 0 Å². The average molecular weight is 405 g/mol. The molecule has 0 atom stereocenters. The molecule has 0 N–H and O–H groups in total. The first-order valence-electron chi connectivity index (χ1n) is 8.82. The fourth-order valence-corrected chi connectivity index (χ4v) is 3.54. The molecule has 1 amide bonds. The second-order valence-electron chi connectivity index (χ2n) is 7.44. The zero-order valence-electron chi connectivity index (χ0n) is 16.5. The van der Waals surface area contributed by atoms with E-state index in [2.05, 4.69) is 9.97 Å². The number of carbonyl (C=O) groups excluding carboxylic acids is 2. The monoisotopic (exact) mass is 405 g/mol. The fraction of sp³-hybridized carbons (Fsp3) is 0.474. The first kappa shape index (κ1) is 20.1.